The second-order valence-electron chi connectivity index (χ2n) is 4.40. The first kappa shape index (κ1) is 16.3. The maximum absolute atomic E-state index is 12.1. The molecule has 0 N–H and O–H groups in total. The Labute approximate surface area is 152 Å². The first-order chi connectivity index (χ1) is 8.29. The van der Waals surface area contributed by atoms with E-state index >= 15 is 0 Å². The molecule has 92 valence electrons. The Bertz CT molecular complexity index is 361. The van der Waals surface area contributed by atoms with Crippen LogP contribution in [0.2, 0.25) is 0 Å². The number of likely N-dealkylation sites (N-methyl/N-ethyl adjacent to an activating group) is 1. The summed E-state index contributed by atoms with van der Waals surface area (Å²) < 4.78 is 0. The van der Waals surface area contributed by atoms with Gasteiger partial charge in [-0.1, -0.05) is 6.92 Å². The molecule has 1 aliphatic heterocycles. The zero-order valence-corrected chi connectivity index (χ0v) is 14.5. The predicted octanol–water partition coefficient (Wildman–Crippen LogP) is -1.80. The van der Waals surface area contributed by atoms with Crippen molar-refractivity contribution >= 4 is 5.91 Å². The molecule has 0 unspecified atom stereocenters. The average Bonchev–Trinajstić information content (AvgIpc) is 2.40. The molecule has 0 saturated carbocycles. The number of piperazine rings is 1. The third-order valence-corrected chi connectivity index (χ3v) is 3.31. The SMILES string of the molecule is CCN1CCN(C(=O)Cc2cc[c-]cc2)CC1.[K+]. The molecule has 0 aliphatic carbocycles. The molecule has 0 atom stereocenters. The Hall–Kier alpha value is 0.286. The van der Waals surface area contributed by atoms with Crippen molar-refractivity contribution < 1.29 is 56.2 Å². The van der Waals surface area contributed by atoms with E-state index in [0.29, 0.717) is 6.42 Å². The molecule has 1 aromatic carbocycles. The van der Waals surface area contributed by atoms with Crippen molar-refractivity contribution in [3.8, 4) is 0 Å². The average molecular weight is 270 g/mol. The summed E-state index contributed by atoms with van der Waals surface area (Å²) in [5.74, 6) is 0.243. The molecule has 18 heavy (non-hydrogen) atoms. The predicted molar refractivity (Wildman–Crippen MR) is 67.7 cm³/mol. The molecular weight excluding hydrogens is 251 g/mol. The first-order valence-corrected chi connectivity index (χ1v) is 6.24. The van der Waals surface area contributed by atoms with Crippen molar-refractivity contribution in [3.63, 3.8) is 0 Å². The van der Waals surface area contributed by atoms with Crippen LogP contribution in [-0.4, -0.2) is 48.4 Å². The van der Waals surface area contributed by atoms with Crippen molar-refractivity contribution in [2.24, 2.45) is 0 Å². The summed E-state index contributed by atoms with van der Waals surface area (Å²) in [7, 11) is 0. The molecule has 1 heterocycles. The minimum absolute atomic E-state index is 0. The number of amides is 1. The van der Waals surface area contributed by atoms with Gasteiger partial charge in [-0.3, -0.25) is 4.79 Å². The molecule has 1 amide bonds. The number of hydrogen-bond donors (Lipinski definition) is 0. The summed E-state index contributed by atoms with van der Waals surface area (Å²) >= 11 is 0. The number of carbonyl (C=O) groups is 1. The van der Waals surface area contributed by atoms with Crippen LogP contribution in [0.1, 0.15) is 12.5 Å². The standard InChI is InChI=1S/C14H19N2O.K/c1-2-15-8-10-16(11-9-15)14(17)12-13-6-4-3-5-7-13;/h4-7H,2,8-12H2,1H3;/q-1;+1. The van der Waals surface area contributed by atoms with Gasteiger partial charge in [0, 0.05) is 32.6 Å². The molecule has 0 bridgehead atoms. The van der Waals surface area contributed by atoms with Gasteiger partial charge >= 0.3 is 51.4 Å². The summed E-state index contributed by atoms with van der Waals surface area (Å²) in [5, 5.41) is 0. The summed E-state index contributed by atoms with van der Waals surface area (Å²) in [4.78, 5) is 16.4. The summed E-state index contributed by atoms with van der Waals surface area (Å²) in [6.45, 7) is 6.99. The molecule has 1 fully saturated rings. The van der Waals surface area contributed by atoms with Gasteiger partial charge in [-0.25, -0.2) is 0 Å². The van der Waals surface area contributed by atoms with Gasteiger partial charge in [-0.15, -0.1) is 5.56 Å². The first-order valence-electron chi connectivity index (χ1n) is 6.24. The second kappa shape index (κ2) is 8.46. The molecule has 0 aromatic heterocycles. The van der Waals surface area contributed by atoms with Crippen LogP contribution >= 0.6 is 0 Å². The van der Waals surface area contributed by atoms with E-state index in [1.807, 2.05) is 29.2 Å². The van der Waals surface area contributed by atoms with Gasteiger partial charge in [-0.2, -0.15) is 30.3 Å². The number of nitrogens with zero attached hydrogens (tertiary/aromatic N) is 2. The molecule has 0 spiro atoms. The number of rotatable bonds is 3. The molecule has 1 saturated heterocycles. The van der Waals surface area contributed by atoms with Crippen molar-refractivity contribution in [1.29, 1.82) is 0 Å². The van der Waals surface area contributed by atoms with E-state index in [2.05, 4.69) is 17.9 Å². The monoisotopic (exact) mass is 270 g/mol. The van der Waals surface area contributed by atoms with Crippen molar-refractivity contribution in [1.82, 2.24) is 9.80 Å². The zero-order chi connectivity index (χ0) is 12.1. The fraction of sp³-hybridized carbons (Fsp3) is 0.500. The van der Waals surface area contributed by atoms with Crippen molar-refractivity contribution in [2.75, 3.05) is 32.7 Å². The van der Waals surface area contributed by atoms with Crippen LogP contribution in [0.5, 0.6) is 0 Å². The van der Waals surface area contributed by atoms with Gasteiger partial charge in [0.1, 0.15) is 0 Å². The molecule has 2 rings (SSSR count). The van der Waals surface area contributed by atoms with Crippen LogP contribution in [0, 0.1) is 6.07 Å². The largest absolute Gasteiger partial charge is 1.00 e. The van der Waals surface area contributed by atoms with Crippen LogP contribution in [0.3, 0.4) is 0 Å². The van der Waals surface area contributed by atoms with Gasteiger partial charge in [0.25, 0.3) is 0 Å². The van der Waals surface area contributed by atoms with E-state index in [0.717, 1.165) is 38.3 Å². The Morgan fingerprint density at radius 1 is 1.22 bits per heavy atom. The molecule has 1 aliphatic rings. The Morgan fingerprint density at radius 3 is 2.39 bits per heavy atom. The van der Waals surface area contributed by atoms with E-state index < -0.39 is 0 Å². The van der Waals surface area contributed by atoms with Crippen LogP contribution in [0.15, 0.2) is 24.3 Å². The zero-order valence-electron chi connectivity index (χ0n) is 11.4. The van der Waals surface area contributed by atoms with E-state index in [9.17, 15) is 4.79 Å². The smallest absolute Gasteiger partial charge is 0.340 e. The van der Waals surface area contributed by atoms with Gasteiger partial charge in [0.15, 0.2) is 0 Å². The minimum atomic E-state index is 0. The van der Waals surface area contributed by atoms with Gasteiger partial charge in [-0.05, 0) is 6.54 Å². The third-order valence-electron chi connectivity index (χ3n) is 3.31. The Kier molecular flexibility index (Phi) is 7.68. The third kappa shape index (κ3) is 4.76. The van der Waals surface area contributed by atoms with E-state index in [-0.39, 0.29) is 57.3 Å². The van der Waals surface area contributed by atoms with Crippen molar-refractivity contribution in [3.05, 3.63) is 35.9 Å². The topological polar surface area (TPSA) is 23.6 Å². The van der Waals surface area contributed by atoms with Crippen LogP contribution in [-0.2, 0) is 11.2 Å². The maximum Gasteiger partial charge on any atom is 1.00 e. The van der Waals surface area contributed by atoms with Crippen molar-refractivity contribution in [2.45, 2.75) is 13.3 Å². The fourth-order valence-corrected chi connectivity index (χ4v) is 2.14. The van der Waals surface area contributed by atoms with Gasteiger partial charge in [0.2, 0.25) is 5.91 Å². The van der Waals surface area contributed by atoms with E-state index in [1.165, 1.54) is 0 Å². The molecule has 1 aromatic rings. The van der Waals surface area contributed by atoms with E-state index in [4.69, 9.17) is 0 Å². The van der Waals surface area contributed by atoms with Gasteiger partial charge < -0.3 is 9.80 Å². The minimum Gasteiger partial charge on any atom is -0.340 e. The van der Waals surface area contributed by atoms with Crippen LogP contribution < -0.4 is 51.4 Å². The maximum atomic E-state index is 12.1. The molecule has 0 radical (unpaired) electrons. The van der Waals surface area contributed by atoms with Crippen LogP contribution in [0.4, 0.5) is 0 Å². The summed E-state index contributed by atoms with van der Waals surface area (Å²) in [6.07, 6.45) is 0.515. The number of hydrogen-bond acceptors (Lipinski definition) is 2. The van der Waals surface area contributed by atoms with Gasteiger partial charge in [0.05, 0.1) is 0 Å². The summed E-state index contributed by atoms with van der Waals surface area (Å²) in [6, 6.07) is 10.6. The quantitative estimate of drug-likeness (QED) is 0.478. The normalized spacial score (nSPS) is 16.2. The molecular formula is C14H19KN2O. The molecule has 4 heteroatoms. The second-order valence-corrected chi connectivity index (χ2v) is 4.40. The van der Waals surface area contributed by atoms with E-state index in [1.54, 1.807) is 0 Å². The number of carbonyl (C=O) groups excluding carboxylic acids is 1. The Morgan fingerprint density at radius 2 is 1.83 bits per heavy atom. The summed E-state index contributed by atoms with van der Waals surface area (Å²) in [5.41, 5.74) is 1.08. The molecule has 3 nitrogen and oxygen atoms in total. The van der Waals surface area contributed by atoms with Crippen LogP contribution in [0.25, 0.3) is 0 Å². The Balaban J connectivity index is 0.00000162. The number of benzene rings is 1. The fourth-order valence-electron chi connectivity index (χ4n) is 2.14.